The maximum absolute atomic E-state index is 11.0. The van der Waals surface area contributed by atoms with Gasteiger partial charge in [-0.3, -0.25) is 0 Å². The number of phenols is 1. The van der Waals surface area contributed by atoms with Crippen molar-refractivity contribution in [1.82, 2.24) is 5.43 Å². The van der Waals surface area contributed by atoms with E-state index in [0.717, 1.165) is 6.21 Å². The molecule has 2 rings (SSSR count). The predicted octanol–water partition coefficient (Wildman–Crippen LogP) is 0.780. The zero-order chi connectivity index (χ0) is 17.7. The number of carboxylic acids is 1. The Hall–Kier alpha value is -3.89. The quantitative estimate of drug-likeness (QED) is 0.268. The van der Waals surface area contributed by atoms with E-state index < -0.39 is 17.0 Å². The number of benzene rings is 1. The van der Waals surface area contributed by atoms with Gasteiger partial charge in [0.15, 0.2) is 5.03 Å². The Labute approximate surface area is 133 Å². The number of carbonyl (C=O) groups is 1. The van der Waals surface area contributed by atoms with E-state index in [2.05, 4.69) is 10.2 Å². The van der Waals surface area contributed by atoms with Crippen LogP contribution >= 0.6 is 0 Å². The molecule has 0 spiro atoms. The van der Waals surface area contributed by atoms with Crippen LogP contribution in [0, 0.1) is 10.1 Å². The van der Waals surface area contributed by atoms with Gasteiger partial charge in [0.2, 0.25) is 0 Å². The van der Waals surface area contributed by atoms with Crippen LogP contribution in [0.4, 0.5) is 0 Å². The number of aromatic hydroxyl groups is 1. The first kappa shape index (κ1) is 16.5. The van der Waals surface area contributed by atoms with Gasteiger partial charge in [0.05, 0.1) is 6.21 Å². The van der Waals surface area contributed by atoms with E-state index in [1.807, 2.05) is 0 Å². The molecule has 5 N–H and O–H groups in total. The summed E-state index contributed by atoms with van der Waals surface area (Å²) >= 11 is 0. The van der Waals surface area contributed by atoms with Gasteiger partial charge < -0.3 is 20.4 Å². The molecule has 1 aromatic heterocycles. The molecule has 11 heteroatoms. The van der Waals surface area contributed by atoms with Crippen LogP contribution in [0.2, 0.25) is 0 Å². The number of hydrazine groups is 1. The Kier molecular flexibility index (Phi) is 4.75. The van der Waals surface area contributed by atoms with Crippen LogP contribution in [0.1, 0.15) is 16.1 Å². The summed E-state index contributed by atoms with van der Waals surface area (Å²) in [6.45, 7) is 0. The third-order valence-electron chi connectivity index (χ3n) is 2.69. The van der Waals surface area contributed by atoms with Crippen molar-refractivity contribution >= 4 is 18.1 Å². The molecule has 0 saturated heterocycles. The first-order chi connectivity index (χ1) is 11.4. The maximum atomic E-state index is 11.0. The van der Waals surface area contributed by atoms with Gasteiger partial charge in [-0.15, -0.1) is 5.10 Å². The van der Waals surface area contributed by atoms with Crippen molar-refractivity contribution in [2.75, 3.05) is 0 Å². The van der Waals surface area contributed by atoms with E-state index in [1.165, 1.54) is 24.3 Å². The lowest BCUT2D eigenvalue weighted by molar-refractivity contribution is -0.525. The number of aromatic carboxylic acids is 1. The molecule has 0 aliphatic carbocycles. The second kappa shape index (κ2) is 6.91. The van der Waals surface area contributed by atoms with E-state index in [0.29, 0.717) is 11.3 Å². The molecule has 24 heavy (non-hydrogen) atoms. The Morgan fingerprint density at radius 2 is 2.12 bits per heavy atom. The average Bonchev–Trinajstić information content (AvgIpc) is 2.95. The highest BCUT2D eigenvalue weighted by molar-refractivity contribution is 5.92. The minimum absolute atomic E-state index is 0.257. The monoisotopic (exact) mass is 333 g/mol. The fourth-order valence-corrected chi connectivity index (χ4v) is 1.70. The van der Waals surface area contributed by atoms with Gasteiger partial charge >= 0.3 is 5.97 Å². The van der Waals surface area contributed by atoms with Crippen molar-refractivity contribution in [2.45, 2.75) is 0 Å². The van der Waals surface area contributed by atoms with Crippen LogP contribution in [-0.4, -0.2) is 33.4 Å². The number of nitrogens with one attached hydrogen (secondary N) is 1. The van der Waals surface area contributed by atoms with Crippen molar-refractivity contribution in [1.29, 1.82) is 0 Å². The fourth-order valence-electron chi connectivity index (χ4n) is 1.70. The number of nitro groups is 1. The molecule has 124 valence electrons. The number of nitrogens with two attached hydrogens (primary N) is 1. The standard InChI is InChI=1S/C13H11N5O6/c14-13(17-18(22)23)16-15-6-8-2-4-11(24-8)7-1-3-10(19)9(5-7)12(20)21/h1-6,19H,(H,20,21)(H3,14,16,17). The van der Waals surface area contributed by atoms with Crippen molar-refractivity contribution in [3.63, 3.8) is 0 Å². The number of rotatable bonds is 5. The molecule has 0 saturated carbocycles. The number of hydrogen-bond acceptors (Lipinski definition) is 7. The summed E-state index contributed by atoms with van der Waals surface area (Å²) < 4.78 is 5.42. The molecule has 2 aromatic rings. The zero-order valence-corrected chi connectivity index (χ0v) is 11.9. The second-order valence-electron chi connectivity index (χ2n) is 4.34. The Bertz CT molecular complexity index is 841. The molecule has 0 bridgehead atoms. The SMILES string of the molecule is NC(=NN=Cc1ccc(-c2ccc(O)c(C(=O)O)c2)o1)N[N+](=O)[O-]. The molecular weight excluding hydrogens is 322 g/mol. The third kappa shape index (κ3) is 4.07. The summed E-state index contributed by atoms with van der Waals surface area (Å²) in [5.41, 5.74) is 6.95. The van der Waals surface area contributed by atoms with Crippen LogP contribution in [0.5, 0.6) is 5.75 Å². The topological polar surface area (TPSA) is 177 Å². The smallest absolute Gasteiger partial charge is 0.339 e. The summed E-state index contributed by atoms with van der Waals surface area (Å²) in [5, 5.41) is 34.5. The molecule has 0 atom stereocenters. The van der Waals surface area contributed by atoms with Gasteiger partial charge in [0.1, 0.15) is 22.8 Å². The Morgan fingerprint density at radius 1 is 1.38 bits per heavy atom. The van der Waals surface area contributed by atoms with Gasteiger partial charge in [-0.25, -0.2) is 14.9 Å². The number of nitrogens with zero attached hydrogens (tertiary/aromatic N) is 3. The number of carboxylic acid groups (broad SMARTS) is 1. The minimum atomic E-state index is -1.27. The Balaban J connectivity index is 2.18. The average molecular weight is 333 g/mol. The van der Waals surface area contributed by atoms with Gasteiger partial charge in [-0.05, 0) is 30.3 Å². The summed E-state index contributed by atoms with van der Waals surface area (Å²) in [6, 6.07) is 7.07. The van der Waals surface area contributed by atoms with Crippen molar-refractivity contribution < 1.29 is 24.5 Å². The lowest BCUT2D eigenvalue weighted by Gasteiger charge is -2.02. The molecule has 1 aromatic carbocycles. The summed E-state index contributed by atoms with van der Waals surface area (Å²) in [7, 11) is 0. The van der Waals surface area contributed by atoms with Crippen molar-refractivity contribution in [3.05, 3.63) is 51.8 Å². The number of hydrogen-bond donors (Lipinski definition) is 4. The van der Waals surface area contributed by atoms with Gasteiger partial charge in [0, 0.05) is 5.56 Å². The minimum Gasteiger partial charge on any atom is -0.507 e. The zero-order valence-electron chi connectivity index (χ0n) is 11.9. The lowest BCUT2D eigenvalue weighted by atomic mass is 10.1. The molecule has 0 amide bonds. The second-order valence-corrected chi connectivity index (χ2v) is 4.34. The molecule has 0 radical (unpaired) electrons. The molecule has 0 fully saturated rings. The van der Waals surface area contributed by atoms with E-state index in [4.69, 9.17) is 15.3 Å². The molecule has 1 heterocycles. The lowest BCUT2D eigenvalue weighted by Crippen LogP contribution is -2.35. The fraction of sp³-hybridized carbons (Fsp3) is 0. The third-order valence-corrected chi connectivity index (χ3v) is 2.69. The normalized spacial score (nSPS) is 11.6. The molecule has 11 nitrogen and oxygen atoms in total. The summed E-state index contributed by atoms with van der Waals surface area (Å²) in [6.07, 6.45) is 1.16. The van der Waals surface area contributed by atoms with Gasteiger partial charge in [-0.2, -0.15) is 5.10 Å². The molecular formula is C13H11N5O6. The number of furan rings is 1. The Morgan fingerprint density at radius 3 is 2.79 bits per heavy atom. The van der Waals surface area contributed by atoms with Crippen molar-refractivity contribution in [3.8, 4) is 17.1 Å². The highest BCUT2D eigenvalue weighted by Crippen LogP contribution is 2.27. The molecule has 0 aliphatic heterocycles. The summed E-state index contributed by atoms with van der Waals surface area (Å²) in [5.74, 6) is -1.55. The van der Waals surface area contributed by atoms with Crippen LogP contribution < -0.4 is 11.2 Å². The van der Waals surface area contributed by atoms with E-state index in [-0.39, 0.29) is 17.1 Å². The maximum Gasteiger partial charge on any atom is 0.339 e. The molecule has 0 aliphatic rings. The van der Waals surface area contributed by atoms with E-state index >= 15 is 0 Å². The van der Waals surface area contributed by atoms with Crippen molar-refractivity contribution in [2.24, 2.45) is 15.9 Å². The largest absolute Gasteiger partial charge is 0.507 e. The highest BCUT2D eigenvalue weighted by Gasteiger charge is 2.12. The summed E-state index contributed by atoms with van der Waals surface area (Å²) in [4.78, 5) is 21.1. The first-order valence-electron chi connectivity index (χ1n) is 6.31. The van der Waals surface area contributed by atoms with Gasteiger partial charge in [-0.1, -0.05) is 5.43 Å². The van der Waals surface area contributed by atoms with E-state index in [9.17, 15) is 20.0 Å². The van der Waals surface area contributed by atoms with Crippen LogP contribution in [0.25, 0.3) is 11.3 Å². The van der Waals surface area contributed by atoms with E-state index in [1.54, 1.807) is 11.5 Å². The molecule has 0 unspecified atom stereocenters. The predicted molar refractivity (Wildman–Crippen MR) is 82.1 cm³/mol. The van der Waals surface area contributed by atoms with Gasteiger partial charge in [0.25, 0.3) is 5.96 Å². The van der Waals surface area contributed by atoms with Crippen LogP contribution in [0.3, 0.4) is 0 Å². The van der Waals surface area contributed by atoms with Crippen LogP contribution in [-0.2, 0) is 0 Å². The first-order valence-corrected chi connectivity index (χ1v) is 6.31. The number of guanidine groups is 1. The van der Waals surface area contributed by atoms with Crippen LogP contribution in [0.15, 0.2) is 45.0 Å². The highest BCUT2D eigenvalue weighted by atomic mass is 16.7.